The van der Waals surface area contributed by atoms with Crippen molar-refractivity contribution in [3.8, 4) is 0 Å². The molecule has 1 amide bonds. The molecule has 0 aromatic heterocycles. The SMILES string of the molecule is CC1CCCCC1NC(=O)c1ccc(S(C)(=O)=O)c([N+](=O)[O-])c1. The number of carbonyl (C=O) groups is 1. The van der Waals surface area contributed by atoms with Crippen LogP contribution < -0.4 is 5.32 Å². The number of hydrogen-bond acceptors (Lipinski definition) is 5. The Morgan fingerprint density at radius 1 is 1.30 bits per heavy atom. The number of sulfone groups is 1. The van der Waals surface area contributed by atoms with E-state index in [4.69, 9.17) is 0 Å². The van der Waals surface area contributed by atoms with Crippen LogP contribution in [0.15, 0.2) is 23.1 Å². The lowest BCUT2D eigenvalue weighted by Gasteiger charge is -2.29. The number of benzene rings is 1. The first-order chi connectivity index (χ1) is 10.7. The van der Waals surface area contributed by atoms with Crippen LogP contribution in [0.25, 0.3) is 0 Å². The Morgan fingerprint density at radius 3 is 2.52 bits per heavy atom. The molecule has 7 nitrogen and oxygen atoms in total. The van der Waals surface area contributed by atoms with Crippen LogP contribution in [0.5, 0.6) is 0 Å². The maximum Gasteiger partial charge on any atom is 0.288 e. The van der Waals surface area contributed by atoms with Gasteiger partial charge in [-0.15, -0.1) is 0 Å². The third-order valence-corrected chi connectivity index (χ3v) is 5.39. The zero-order chi connectivity index (χ0) is 17.2. The van der Waals surface area contributed by atoms with Crippen LogP contribution in [-0.4, -0.2) is 31.5 Å². The second-order valence-corrected chi connectivity index (χ2v) is 8.04. The molecular formula is C15H20N2O5S. The summed E-state index contributed by atoms with van der Waals surface area (Å²) in [6.07, 6.45) is 5.01. The smallest absolute Gasteiger partial charge is 0.288 e. The van der Waals surface area contributed by atoms with Crippen molar-refractivity contribution >= 4 is 21.4 Å². The van der Waals surface area contributed by atoms with E-state index >= 15 is 0 Å². The molecule has 0 heterocycles. The number of nitro benzene ring substituents is 1. The Hall–Kier alpha value is -1.96. The second kappa shape index (κ2) is 6.66. The van der Waals surface area contributed by atoms with E-state index in [0.717, 1.165) is 44.1 Å². The number of amides is 1. The standard InChI is InChI=1S/C15H20N2O5S/c1-10-5-3-4-6-12(10)16-15(18)11-7-8-14(23(2,21)22)13(9-11)17(19)20/h7-10,12H,3-6H2,1-2H3,(H,16,18). The van der Waals surface area contributed by atoms with Crippen molar-refractivity contribution in [3.05, 3.63) is 33.9 Å². The van der Waals surface area contributed by atoms with Gasteiger partial charge < -0.3 is 5.32 Å². The van der Waals surface area contributed by atoms with Crippen molar-refractivity contribution in [3.63, 3.8) is 0 Å². The third-order valence-electron chi connectivity index (χ3n) is 4.25. The first-order valence-electron chi connectivity index (χ1n) is 7.49. The van der Waals surface area contributed by atoms with Gasteiger partial charge in [-0.2, -0.15) is 0 Å². The van der Waals surface area contributed by atoms with Crippen LogP contribution in [0.2, 0.25) is 0 Å². The molecule has 1 N–H and O–H groups in total. The lowest BCUT2D eigenvalue weighted by molar-refractivity contribution is -0.387. The topological polar surface area (TPSA) is 106 Å². The lowest BCUT2D eigenvalue weighted by atomic mass is 9.86. The molecule has 1 aliphatic carbocycles. The van der Waals surface area contributed by atoms with Crippen molar-refractivity contribution < 1.29 is 18.1 Å². The van der Waals surface area contributed by atoms with Crippen molar-refractivity contribution in [1.29, 1.82) is 0 Å². The lowest BCUT2D eigenvalue weighted by Crippen LogP contribution is -2.41. The van der Waals surface area contributed by atoms with E-state index < -0.39 is 26.4 Å². The number of nitrogens with zero attached hydrogens (tertiary/aromatic N) is 1. The zero-order valence-corrected chi connectivity index (χ0v) is 13.9. The van der Waals surface area contributed by atoms with Gasteiger partial charge >= 0.3 is 0 Å². The Bertz CT molecular complexity index is 729. The van der Waals surface area contributed by atoms with Crippen molar-refractivity contribution in [2.45, 2.75) is 43.5 Å². The molecule has 8 heteroatoms. The van der Waals surface area contributed by atoms with E-state index in [1.165, 1.54) is 6.07 Å². The molecule has 0 bridgehead atoms. The molecular weight excluding hydrogens is 320 g/mol. The van der Waals surface area contributed by atoms with Gasteiger partial charge in [0.1, 0.15) is 4.90 Å². The first-order valence-corrected chi connectivity index (χ1v) is 9.38. The Balaban J connectivity index is 2.27. The molecule has 1 aromatic carbocycles. The second-order valence-electron chi connectivity index (χ2n) is 6.05. The van der Waals surface area contributed by atoms with E-state index in [-0.39, 0.29) is 16.5 Å². The molecule has 1 saturated carbocycles. The van der Waals surface area contributed by atoms with Crippen LogP contribution >= 0.6 is 0 Å². The maximum atomic E-state index is 12.3. The summed E-state index contributed by atoms with van der Waals surface area (Å²) in [5, 5.41) is 14.0. The summed E-state index contributed by atoms with van der Waals surface area (Å²) in [4.78, 5) is 22.2. The monoisotopic (exact) mass is 340 g/mol. The number of nitrogens with one attached hydrogen (secondary N) is 1. The molecule has 2 unspecified atom stereocenters. The molecule has 1 fully saturated rings. The highest BCUT2D eigenvalue weighted by atomic mass is 32.2. The summed E-state index contributed by atoms with van der Waals surface area (Å²) >= 11 is 0. The molecule has 0 spiro atoms. The van der Waals surface area contributed by atoms with E-state index in [9.17, 15) is 23.3 Å². The minimum absolute atomic E-state index is 0.0462. The van der Waals surface area contributed by atoms with Crippen molar-refractivity contribution in [1.82, 2.24) is 5.32 Å². The van der Waals surface area contributed by atoms with Crippen molar-refractivity contribution in [2.75, 3.05) is 6.26 Å². The summed E-state index contributed by atoms with van der Waals surface area (Å²) in [6, 6.07) is 3.50. The van der Waals surface area contributed by atoms with Crippen LogP contribution in [0, 0.1) is 16.0 Å². The van der Waals surface area contributed by atoms with E-state index in [2.05, 4.69) is 12.2 Å². The van der Waals surface area contributed by atoms with Gasteiger partial charge in [-0.3, -0.25) is 14.9 Å². The molecule has 2 rings (SSSR count). The highest BCUT2D eigenvalue weighted by Crippen LogP contribution is 2.26. The fourth-order valence-electron chi connectivity index (χ4n) is 2.90. The predicted molar refractivity (Wildman–Crippen MR) is 85.1 cm³/mol. The highest BCUT2D eigenvalue weighted by molar-refractivity contribution is 7.90. The summed E-state index contributed by atoms with van der Waals surface area (Å²) < 4.78 is 23.2. The van der Waals surface area contributed by atoms with Crippen LogP contribution in [-0.2, 0) is 9.84 Å². The summed E-state index contributed by atoms with van der Waals surface area (Å²) in [7, 11) is -3.73. The van der Waals surface area contributed by atoms with E-state index in [1.54, 1.807) is 0 Å². The Morgan fingerprint density at radius 2 is 1.96 bits per heavy atom. The van der Waals surface area contributed by atoms with Crippen LogP contribution in [0.4, 0.5) is 5.69 Å². The zero-order valence-electron chi connectivity index (χ0n) is 13.1. The van der Waals surface area contributed by atoms with Crippen LogP contribution in [0.1, 0.15) is 43.0 Å². The Labute approximate surface area is 135 Å². The van der Waals surface area contributed by atoms with Gasteiger partial charge in [0, 0.05) is 23.9 Å². The van der Waals surface area contributed by atoms with Gasteiger partial charge in [0.15, 0.2) is 9.84 Å². The molecule has 1 aromatic rings. The maximum absolute atomic E-state index is 12.3. The van der Waals surface area contributed by atoms with E-state index in [1.807, 2.05) is 0 Å². The molecule has 0 radical (unpaired) electrons. The first kappa shape index (κ1) is 17.4. The van der Waals surface area contributed by atoms with E-state index in [0.29, 0.717) is 5.92 Å². The van der Waals surface area contributed by atoms with Crippen molar-refractivity contribution in [2.24, 2.45) is 5.92 Å². The van der Waals surface area contributed by atoms with Gasteiger partial charge in [-0.25, -0.2) is 8.42 Å². The minimum Gasteiger partial charge on any atom is -0.349 e. The van der Waals surface area contributed by atoms with Gasteiger partial charge in [0.25, 0.3) is 11.6 Å². The molecule has 126 valence electrons. The number of hydrogen-bond donors (Lipinski definition) is 1. The van der Waals surface area contributed by atoms with Crippen LogP contribution in [0.3, 0.4) is 0 Å². The fourth-order valence-corrected chi connectivity index (χ4v) is 3.73. The average molecular weight is 340 g/mol. The summed E-state index contributed by atoms with van der Waals surface area (Å²) in [5.41, 5.74) is -0.473. The molecule has 1 aliphatic rings. The molecule has 23 heavy (non-hydrogen) atoms. The molecule has 2 atom stereocenters. The van der Waals surface area contributed by atoms with Gasteiger partial charge in [-0.1, -0.05) is 19.8 Å². The number of rotatable bonds is 4. The minimum atomic E-state index is -3.73. The number of nitro groups is 1. The highest BCUT2D eigenvalue weighted by Gasteiger charge is 2.26. The third kappa shape index (κ3) is 4.07. The fraction of sp³-hybridized carbons (Fsp3) is 0.533. The number of carbonyl (C=O) groups excluding carboxylic acids is 1. The summed E-state index contributed by atoms with van der Waals surface area (Å²) in [5.74, 6) is -0.0510. The van der Waals surface area contributed by atoms with Gasteiger partial charge in [0.05, 0.1) is 4.92 Å². The normalized spacial score (nSPS) is 21.7. The molecule has 0 aliphatic heterocycles. The van der Waals surface area contributed by atoms with Gasteiger partial charge in [-0.05, 0) is 30.9 Å². The van der Waals surface area contributed by atoms with Gasteiger partial charge in [0.2, 0.25) is 0 Å². The average Bonchev–Trinajstić information content (AvgIpc) is 2.48. The largest absolute Gasteiger partial charge is 0.349 e. The quantitative estimate of drug-likeness (QED) is 0.668. The molecule has 0 saturated heterocycles. The summed E-state index contributed by atoms with van der Waals surface area (Å²) in [6.45, 7) is 2.07. The predicted octanol–water partition coefficient (Wildman–Crippen LogP) is 2.31. The Kier molecular flexibility index (Phi) is 5.03.